The van der Waals surface area contributed by atoms with E-state index in [1.807, 2.05) is 44.2 Å². The van der Waals surface area contributed by atoms with Gasteiger partial charge in [-0.05, 0) is 36.8 Å². The molecule has 1 saturated carbocycles. The Kier molecular flexibility index (Phi) is 9.00. The van der Waals surface area contributed by atoms with Crippen LogP contribution < -0.4 is 10.6 Å². The summed E-state index contributed by atoms with van der Waals surface area (Å²) in [6.07, 6.45) is 4.53. The average Bonchev–Trinajstić information content (AvgIpc) is 2.65. The quantitative estimate of drug-likeness (QED) is 0.443. The molecule has 0 saturated heterocycles. The first-order valence-corrected chi connectivity index (χ1v) is 12.4. The van der Waals surface area contributed by atoms with Gasteiger partial charge in [-0.2, -0.15) is 0 Å². The first-order valence-electron chi connectivity index (χ1n) is 10.3. The molecule has 0 aliphatic heterocycles. The summed E-state index contributed by atoms with van der Waals surface area (Å²) < 4.78 is 12.5. The van der Waals surface area contributed by atoms with E-state index in [1.165, 1.54) is 6.42 Å². The fourth-order valence-corrected chi connectivity index (χ4v) is 5.93. The first kappa shape index (κ1) is 22.9. The van der Waals surface area contributed by atoms with E-state index in [2.05, 4.69) is 10.6 Å². The van der Waals surface area contributed by atoms with E-state index in [-0.39, 0.29) is 36.6 Å². The average molecular weight is 410 g/mol. The Bertz CT molecular complexity index is 647. The summed E-state index contributed by atoms with van der Waals surface area (Å²) in [5.74, 6) is 0.109. The van der Waals surface area contributed by atoms with Crippen LogP contribution in [-0.2, 0) is 9.36 Å². The highest BCUT2D eigenvalue weighted by molar-refractivity contribution is 7.58. The number of carbonyl (C=O) groups excluding carboxylic acids is 1. The number of rotatable bonds is 10. The van der Waals surface area contributed by atoms with Crippen molar-refractivity contribution in [3.05, 3.63) is 30.3 Å². The van der Waals surface area contributed by atoms with Gasteiger partial charge in [0, 0.05) is 18.4 Å². The van der Waals surface area contributed by atoms with Crippen LogP contribution in [0.1, 0.15) is 46.0 Å². The molecule has 3 atom stereocenters. The molecular weight excluding hydrogens is 375 g/mol. The molecule has 1 aromatic rings. The molecule has 1 aliphatic carbocycles. The van der Waals surface area contributed by atoms with Crippen molar-refractivity contribution in [3.63, 3.8) is 0 Å². The SMILES string of the molecule is CC(C)[C@H](Nc1ccccc1)C(=O)NC[C@@H](O)CP(=O)(O)CC1CCCCC1. The van der Waals surface area contributed by atoms with Crippen LogP contribution >= 0.6 is 7.37 Å². The standard InChI is InChI=1S/C21H35N2O4P/c1-16(2)20(23-18-11-7-4-8-12-18)21(25)22-13-19(24)15-28(26,27)14-17-9-5-3-6-10-17/h4,7-8,11-12,16-17,19-20,23-24H,3,5-6,9-10,13-15H2,1-2H3,(H,22,25)(H,26,27)/t19-,20+/m1/s1. The predicted octanol–water partition coefficient (Wildman–Crippen LogP) is 3.45. The molecule has 28 heavy (non-hydrogen) atoms. The van der Waals surface area contributed by atoms with Crippen LogP contribution in [0.4, 0.5) is 5.69 Å². The van der Waals surface area contributed by atoms with Crippen LogP contribution in [-0.4, -0.2) is 46.9 Å². The fraction of sp³-hybridized carbons (Fsp3) is 0.667. The van der Waals surface area contributed by atoms with E-state index >= 15 is 0 Å². The number of aliphatic hydroxyl groups is 1. The predicted molar refractivity (Wildman–Crippen MR) is 114 cm³/mol. The van der Waals surface area contributed by atoms with Crippen molar-refractivity contribution < 1.29 is 19.4 Å². The second-order valence-electron chi connectivity index (χ2n) is 8.35. The van der Waals surface area contributed by atoms with Gasteiger partial charge in [0.15, 0.2) is 0 Å². The Morgan fingerprint density at radius 1 is 1.18 bits per heavy atom. The molecule has 1 unspecified atom stereocenters. The van der Waals surface area contributed by atoms with E-state index in [0.717, 1.165) is 31.4 Å². The zero-order chi connectivity index (χ0) is 20.6. The number of benzene rings is 1. The lowest BCUT2D eigenvalue weighted by molar-refractivity contribution is -0.123. The van der Waals surface area contributed by atoms with Crippen LogP contribution in [0, 0.1) is 11.8 Å². The number of nitrogens with one attached hydrogen (secondary N) is 2. The molecular formula is C21H35N2O4P. The summed E-state index contributed by atoms with van der Waals surface area (Å²) in [4.78, 5) is 22.8. The maximum absolute atomic E-state index is 12.6. The normalized spacial score (nSPS) is 19.6. The van der Waals surface area contributed by atoms with E-state index in [0.29, 0.717) is 0 Å². The molecule has 0 heterocycles. The second-order valence-corrected chi connectivity index (χ2v) is 10.8. The van der Waals surface area contributed by atoms with Gasteiger partial charge in [0.2, 0.25) is 13.3 Å². The fourth-order valence-electron chi connectivity index (χ4n) is 3.82. The first-order chi connectivity index (χ1) is 13.3. The number of carbonyl (C=O) groups is 1. The van der Waals surface area contributed by atoms with Crippen molar-refractivity contribution in [2.45, 2.75) is 58.1 Å². The Morgan fingerprint density at radius 3 is 2.43 bits per heavy atom. The summed E-state index contributed by atoms with van der Waals surface area (Å²) in [5, 5.41) is 16.1. The largest absolute Gasteiger partial charge is 0.391 e. The highest BCUT2D eigenvalue weighted by Crippen LogP contribution is 2.45. The van der Waals surface area contributed by atoms with Gasteiger partial charge in [0.05, 0.1) is 12.3 Å². The molecule has 158 valence electrons. The second kappa shape index (κ2) is 11.0. The van der Waals surface area contributed by atoms with Crippen molar-refractivity contribution in [1.82, 2.24) is 5.32 Å². The minimum absolute atomic E-state index is 0.0201. The molecule has 1 aromatic carbocycles. The summed E-state index contributed by atoms with van der Waals surface area (Å²) in [6.45, 7) is 3.87. The van der Waals surface area contributed by atoms with Crippen molar-refractivity contribution in [3.8, 4) is 0 Å². The molecule has 6 nitrogen and oxygen atoms in total. The molecule has 7 heteroatoms. The van der Waals surface area contributed by atoms with Crippen LogP contribution in [0.15, 0.2) is 30.3 Å². The Balaban J connectivity index is 1.81. The number of aliphatic hydroxyl groups excluding tert-OH is 1. The molecule has 2 rings (SSSR count). The summed E-state index contributed by atoms with van der Waals surface area (Å²) in [7, 11) is -3.39. The van der Waals surface area contributed by atoms with E-state index in [9.17, 15) is 19.4 Å². The van der Waals surface area contributed by atoms with Gasteiger partial charge in [-0.25, -0.2) is 0 Å². The molecule has 1 fully saturated rings. The van der Waals surface area contributed by atoms with Gasteiger partial charge < -0.3 is 20.6 Å². The monoisotopic (exact) mass is 410 g/mol. The van der Waals surface area contributed by atoms with Crippen LogP contribution in [0.3, 0.4) is 0 Å². The smallest absolute Gasteiger partial charge is 0.242 e. The maximum atomic E-state index is 12.6. The maximum Gasteiger partial charge on any atom is 0.242 e. The van der Waals surface area contributed by atoms with Crippen molar-refractivity contribution in [2.75, 3.05) is 24.2 Å². The van der Waals surface area contributed by atoms with E-state index in [4.69, 9.17) is 0 Å². The third-order valence-corrected chi connectivity index (χ3v) is 7.40. The minimum Gasteiger partial charge on any atom is -0.391 e. The lowest BCUT2D eigenvalue weighted by atomic mass is 9.91. The van der Waals surface area contributed by atoms with Crippen LogP contribution in [0.25, 0.3) is 0 Å². The summed E-state index contributed by atoms with van der Waals surface area (Å²) in [5.41, 5.74) is 0.851. The van der Waals surface area contributed by atoms with Crippen molar-refractivity contribution in [2.24, 2.45) is 11.8 Å². The molecule has 0 spiro atoms. The minimum atomic E-state index is -3.39. The highest BCUT2D eigenvalue weighted by Gasteiger charge is 2.29. The van der Waals surface area contributed by atoms with Crippen LogP contribution in [0.5, 0.6) is 0 Å². The number of anilines is 1. The molecule has 0 aromatic heterocycles. The Morgan fingerprint density at radius 2 is 1.82 bits per heavy atom. The molecule has 1 amide bonds. The van der Waals surface area contributed by atoms with Crippen LogP contribution in [0.2, 0.25) is 0 Å². The van der Waals surface area contributed by atoms with E-state index < -0.39 is 19.5 Å². The zero-order valence-electron chi connectivity index (χ0n) is 17.0. The van der Waals surface area contributed by atoms with Gasteiger partial charge in [-0.1, -0.05) is 51.3 Å². The van der Waals surface area contributed by atoms with Gasteiger partial charge in [-0.3, -0.25) is 9.36 Å². The van der Waals surface area contributed by atoms with Gasteiger partial charge in [0.25, 0.3) is 0 Å². The topological polar surface area (TPSA) is 98.7 Å². The molecule has 0 radical (unpaired) electrons. The zero-order valence-corrected chi connectivity index (χ0v) is 17.9. The number of para-hydroxylation sites is 1. The highest BCUT2D eigenvalue weighted by atomic mass is 31.2. The number of amides is 1. The van der Waals surface area contributed by atoms with Gasteiger partial charge >= 0.3 is 0 Å². The third kappa shape index (κ3) is 7.94. The summed E-state index contributed by atoms with van der Waals surface area (Å²) in [6, 6.07) is 9.04. The summed E-state index contributed by atoms with van der Waals surface area (Å²) >= 11 is 0. The lowest BCUT2D eigenvalue weighted by Gasteiger charge is -2.26. The molecule has 1 aliphatic rings. The molecule has 4 N–H and O–H groups in total. The number of hydrogen-bond acceptors (Lipinski definition) is 4. The van der Waals surface area contributed by atoms with Gasteiger partial charge in [-0.15, -0.1) is 0 Å². The van der Waals surface area contributed by atoms with Crippen molar-refractivity contribution >= 4 is 19.0 Å². The van der Waals surface area contributed by atoms with E-state index in [1.54, 1.807) is 0 Å². The third-order valence-electron chi connectivity index (χ3n) is 5.32. The Labute approximate surface area is 168 Å². The lowest BCUT2D eigenvalue weighted by Crippen LogP contribution is -2.45. The van der Waals surface area contributed by atoms with Gasteiger partial charge in [0.1, 0.15) is 6.04 Å². The van der Waals surface area contributed by atoms with Crippen molar-refractivity contribution in [1.29, 1.82) is 0 Å². The molecule has 0 bridgehead atoms. The Hall–Kier alpha value is -1.36. The number of hydrogen-bond donors (Lipinski definition) is 4.